The first-order chi connectivity index (χ1) is 32.7. The highest BCUT2D eigenvalue weighted by Gasteiger charge is 2.44. The van der Waals surface area contributed by atoms with E-state index in [4.69, 9.17) is 16.2 Å². The molecule has 3 heterocycles. The lowest BCUT2D eigenvalue weighted by Crippen LogP contribution is -2.60. The topological polar surface area (TPSA) is 355 Å². The van der Waals surface area contributed by atoms with Crippen molar-refractivity contribution in [2.45, 2.75) is 127 Å². The number of carbonyl (C=O) groups is 10. The number of amides is 8. The number of aliphatic hydroxyl groups excluding tert-OH is 1. The van der Waals surface area contributed by atoms with Gasteiger partial charge in [0.25, 0.3) is 0 Å². The molecule has 1 aromatic heterocycles. The Hall–Kier alpha value is -6.11. The maximum atomic E-state index is 14.4. The minimum absolute atomic E-state index is 0.0193. The summed E-state index contributed by atoms with van der Waals surface area (Å²) < 4.78 is 4.84. The van der Waals surface area contributed by atoms with Crippen molar-refractivity contribution >= 4 is 87.4 Å². The molecule has 2 aliphatic heterocycles. The number of ketones is 1. The fourth-order valence-electron chi connectivity index (χ4n) is 7.73. The van der Waals surface area contributed by atoms with Gasteiger partial charge < -0.3 is 68.4 Å². The van der Waals surface area contributed by atoms with Crippen LogP contribution >= 0.6 is 11.8 Å². The summed E-state index contributed by atoms with van der Waals surface area (Å²) in [6.07, 6.45) is -1.44. The molecule has 23 nitrogen and oxygen atoms in total. The number of nitrogens with two attached hydrogens (primary N) is 2. The molecule has 13 N–H and O–H groups in total. The summed E-state index contributed by atoms with van der Waals surface area (Å²) in [6, 6.07) is -2.86. The number of H-pyrrole nitrogens is 1. The third kappa shape index (κ3) is 15.7. The summed E-state index contributed by atoms with van der Waals surface area (Å²) in [7, 11) is 1.07. The number of aliphatic hydroxyl groups is 1. The van der Waals surface area contributed by atoms with Crippen molar-refractivity contribution in [3.8, 4) is 0 Å². The van der Waals surface area contributed by atoms with Crippen molar-refractivity contribution in [1.29, 1.82) is 0 Å². The van der Waals surface area contributed by atoms with Crippen molar-refractivity contribution in [3.63, 3.8) is 0 Å². The zero-order valence-electron chi connectivity index (χ0n) is 39.9. The monoisotopic (exact) mass is 985 g/mol. The maximum Gasteiger partial charge on any atom is 0.308 e. The van der Waals surface area contributed by atoms with Crippen LogP contribution in [0.1, 0.15) is 78.7 Å². The average Bonchev–Trinajstić information content (AvgIpc) is 3.87. The maximum absolute atomic E-state index is 14.4. The first-order valence-electron chi connectivity index (χ1n) is 23.0. The minimum Gasteiger partial charge on any atom is -0.469 e. The Bertz CT molecular complexity index is 2240. The van der Waals surface area contributed by atoms with Crippen LogP contribution in [0, 0.1) is 11.8 Å². The number of methoxy groups -OCH3 is 1. The summed E-state index contributed by atoms with van der Waals surface area (Å²) in [4.78, 5) is 140. The van der Waals surface area contributed by atoms with Crippen LogP contribution in [-0.4, -0.2) is 155 Å². The number of aromatic nitrogens is 1. The molecule has 0 spiro atoms. The van der Waals surface area contributed by atoms with E-state index in [2.05, 4.69) is 42.2 Å². The van der Waals surface area contributed by atoms with Crippen LogP contribution in [0.3, 0.4) is 0 Å². The average molecular weight is 986 g/mol. The normalized spacial score (nSPS) is 22.8. The third-order valence-corrected chi connectivity index (χ3v) is 13.4. The van der Waals surface area contributed by atoms with Gasteiger partial charge in [0, 0.05) is 67.2 Å². The third-order valence-electron chi connectivity index (χ3n) is 12.2. The molecule has 8 amide bonds. The second-order valence-corrected chi connectivity index (χ2v) is 18.6. The van der Waals surface area contributed by atoms with Gasteiger partial charge in [-0.15, -0.1) is 11.8 Å². The van der Waals surface area contributed by atoms with Crippen molar-refractivity contribution in [3.05, 3.63) is 23.8 Å². The lowest BCUT2D eigenvalue weighted by atomic mass is 9.96. The predicted octanol–water partition coefficient (Wildman–Crippen LogP) is -1.80. The Morgan fingerprint density at radius 1 is 0.942 bits per heavy atom. The number of aromatic amines is 1. The van der Waals surface area contributed by atoms with Gasteiger partial charge in [-0.1, -0.05) is 40.5 Å². The number of benzene rings is 1. The Labute approximate surface area is 404 Å². The lowest BCUT2D eigenvalue weighted by Gasteiger charge is -2.31. The number of nitrogens with one attached hydrogen (secondary N) is 8. The summed E-state index contributed by atoms with van der Waals surface area (Å²) in [5.41, 5.74) is 13.0. The van der Waals surface area contributed by atoms with Crippen LogP contribution in [0.5, 0.6) is 0 Å². The summed E-state index contributed by atoms with van der Waals surface area (Å²) in [6.45, 7) is 7.30. The standard InChI is InChI=1S/C45H67N11O12S/c1-7-22(3)29(47)16-36(60)48-19-37(61)51-33-21-69-44-28(27-13-25(9-10-30(27)54-44)50-35(59)11-12-46)15-31(40(63)49-18-24(5)57)52-43(66)39(23(4)8-2)55-42(65)34-14-26(58)20-56(34)45(67)32(53-41(33)64)17-38(62)68-6/h9-10,13,22-23,26,29,31-34,39,54,58H,7-8,11-12,14-21,46-47H2,1-6H3,(H,48,60)(H,49,63)(H,50,59)(H,51,61)(H,52,66)(H,53,64)(H,55,65)/t22-,23-,26+,29+,31-,32-,33-,34-,39-/m0/s1. The Morgan fingerprint density at radius 3 is 2.32 bits per heavy atom. The van der Waals surface area contributed by atoms with Crippen molar-refractivity contribution in [2.24, 2.45) is 23.3 Å². The largest absolute Gasteiger partial charge is 0.469 e. The highest BCUT2D eigenvalue weighted by molar-refractivity contribution is 7.99. The zero-order chi connectivity index (χ0) is 51.1. The number of nitrogens with zero attached hydrogens (tertiary/aromatic N) is 1. The second-order valence-electron chi connectivity index (χ2n) is 17.5. The molecule has 69 heavy (non-hydrogen) atoms. The smallest absolute Gasteiger partial charge is 0.308 e. The molecule has 24 heteroatoms. The Morgan fingerprint density at radius 2 is 1.67 bits per heavy atom. The van der Waals surface area contributed by atoms with Crippen LogP contribution in [0.2, 0.25) is 0 Å². The fourth-order valence-corrected chi connectivity index (χ4v) is 8.85. The molecule has 1 fully saturated rings. The molecule has 1 saturated heterocycles. The van der Waals surface area contributed by atoms with Gasteiger partial charge in [0.1, 0.15) is 36.0 Å². The molecule has 0 unspecified atom stereocenters. The van der Waals surface area contributed by atoms with E-state index in [9.17, 15) is 53.1 Å². The Kier molecular flexibility index (Phi) is 20.9. The highest BCUT2D eigenvalue weighted by atomic mass is 32.2. The van der Waals surface area contributed by atoms with Gasteiger partial charge in [0.15, 0.2) is 0 Å². The van der Waals surface area contributed by atoms with E-state index >= 15 is 0 Å². The quantitative estimate of drug-likeness (QED) is 0.0779. The highest BCUT2D eigenvalue weighted by Crippen LogP contribution is 2.34. The first kappa shape index (κ1) is 55.5. The summed E-state index contributed by atoms with van der Waals surface area (Å²) in [5, 5.41) is 30.0. The van der Waals surface area contributed by atoms with Gasteiger partial charge in [-0.3, -0.25) is 47.9 Å². The van der Waals surface area contributed by atoms with E-state index < -0.39 is 109 Å². The van der Waals surface area contributed by atoms with Crippen LogP contribution in [0.15, 0.2) is 23.2 Å². The van der Waals surface area contributed by atoms with E-state index in [1.165, 1.54) is 6.92 Å². The van der Waals surface area contributed by atoms with Gasteiger partial charge in [-0.05, 0) is 42.5 Å². The molecular weight excluding hydrogens is 919 g/mol. The number of anilines is 1. The molecule has 0 bridgehead atoms. The summed E-state index contributed by atoms with van der Waals surface area (Å²) in [5.74, 6) is -8.12. The molecule has 0 aliphatic carbocycles. The number of thioether (sulfide) groups is 1. The van der Waals surface area contributed by atoms with E-state index in [-0.39, 0.29) is 68.7 Å². The van der Waals surface area contributed by atoms with Gasteiger partial charge in [-0.25, -0.2) is 0 Å². The van der Waals surface area contributed by atoms with Crippen LogP contribution in [0.4, 0.5) is 5.69 Å². The number of hydrogen-bond acceptors (Lipinski definition) is 15. The van der Waals surface area contributed by atoms with Crippen molar-refractivity contribution < 1.29 is 57.8 Å². The molecular formula is C45H67N11O12S. The van der Waals surface area contributed by atoms with E-state index in [1.807, 2.05) is 13.8 Å². The lowest BCUT2D eigenvalue weighted by molar-refractivity contribution is -0.148. The number of rotatable bonds is 17. The van der Waals surface area contributed by atoms with Crippen molar-refractivity contribution in [2.75, 3.05) is 44.4 Å². The minimum atomic E-state index is -1.69. The van der Waals surface area contributed by atoms with Gasteiger partial charge in [-0.2, -0.15) is 0 Å². The van der Waals surface area contributed by atoms with Gasteiger partial charge in [0.05, 0.1) is 37.8 Å². The van der Waals surface area contributed by atoms with Crippen LogP contribution in [-0.2, 0) is 59.1 Å². The molecule has 1 aromatic carbocycles. The number of carbonyl (C=O) groups excluding carboxylic acids is 10. The van der Waals surface area contributed by atoms with E-state index in [1.54, 1.807) is 32.0 Å². The van der Waals surface area contributed by atoms with Gasteiger partial charge >= 0.3 is 5.97 Å². The van der Waals surface area contributed by atoms with Crippen LogP contribution < -0.4 is 48.7 Å². The number of Topliss-reactive ketones (excluding diaryl/α,β-unsaturated/α-hetero) is 1. The van der Waals surface area contributed by atoms with Crippen molar-refractivity contribution in [1.82, 2.24) is 41.8 Å². The number of ether oxygens (including phenoxy) is 1. The predicted molar refractivity (Wildman–Crippen MR) is 254 cm³/mol. The molecule has 9 atom stereocenters. The van der Waals surface area contributed by atoms with Gasteiger partial charge in [0.2, 0.25) is 47.3 Å². The molecule has 2 aliphatic rings. The number of fused-ring (bicyclic) bond motifs is 4. The van der Waals surface area contributed by atoms with E-state index in [0.717, 1.165) is 30.2 Å². The zero-order valence-corrected chi connectivity index (χ0v) is 40.7. The van der Waals surface area contributed by atoms with Crippen LogP contribution in [0.25, 0.3) is 10.9 Å². The van der Waals surface area contributed by atoms with E-state index in [0.29, 0.717) is 33.6 Å². The number of hydrogen-bond donors (Lipinski definition) is 11. The number of esters is 1. The Balaban J connectivity index is 1.89. The SMILES string of the molecule is CC[C@H](C)[C@H](N)CC(=O)NCC(=O)N[C@H]1CSc2[nH]c3ccc(NC(=O)CCN)cc3c2C[C@@H](C(=O)NCC(C)=O)NC(=O)[C@H]([C@@H](C)CC)NC(=O)[C@@H]2C[C@@H](O)CN2C(=O)[C@H](CC(=O)OC)NC1=O. The molecule has 0 radical (unpaired) electrons. The summed E-state index contributed by atoms with van der Waals surface area (Å²) >= 11 is 1.00. The molecule has 2 aromatic rings. The molecule has 380 valence electrons. The fraction of sp³-hybridized carbons (Fsp3) is 0.600. The molecule has 4 rings (SSSR count). The molecule has 0 saturated carbocycles. The second kappa shape index (κ2) is 26.0. The first-order valence-corrected chi connectivity index (χ1v) is 24.0.